The van der Waals surface area contributed by atoms with Gasteiger partial charge in [-0.15, -0.1) is 0 Å². The van der Waals surface area contributed by atoms with E-state index in [-0.39, 0.29) is 17.4 Å². The fourth-order valence-corrected chi connectivity index (χ4v) is 3.45. The van der Waals surface area contributed by atoms with E-state index in [1.807, 2.05) is 13.8 Å². The van der Waals surface area contributed by atoms with Gasteiger partial charge in [0.2, 0.25) is 0 Å². The van der Waals surface area contributed by atoms with E-state index in [0.29, 0.717) is 36.6 Å². The van der Waals surface area contributed by atoms with Crippen LogP contribution >= 0.6 is 0 Å². The summed E-state index contributed by atoms with van der Waals surface area (Å²) in [5, 5.41) is 11.0. The van der Waals surface area contributed by atoms with Crippen LogP contribution in [0.3, 0.4) is 0 Å². The number of aromatic nitrogens is 1. The summed E-state index contributed by atoms with van der Waals surface area (Å²) in [5.74, 6) is -0.941. The normalized spacial score (nSPS) is 18.3. The SMILES string of the molecule is COCCCN1C(=O)C(=O)/C(=C(\O)c2ccc(OC(C)C)cc2)C1c1ccccn1. The second kappa shape index (κ2) is 9.54. The molecule has 1 fully saturated rings. The Bertz CT molecular complexity index is 922. The van der Waals surface area contributed by atoms with Crippen LogP contribution < -0.4 is 4.74 Å². The minimum atomic E-state index is -0.755. The van der Waals surface area contributed by atoms with Gasteiger partial charge in [-0.3, -0.25) is 14.6 Å². The maximum Gasteiger partial charge on any atom is 0.295 e. The molecule has 1 atom stereocenters. The van der Waals surface area contributed by atoms with Crippen molar-refractivity contribution in [2.24, 2.45) is 0 Å². The molecule has 1 unspecified atom stereocenters. The fourth-order valence-electron chi connectivity index (χ4n) is 3.45. The third-order valence-electron chi connectivity index (χ3n) is 4.75. The van der Waals surface area contributed by atoms with Crippen LogP contribution in [0.5, 0.6) is 5.75 Å². The molecule has 2 heterocycles. The second-order valence-electron chi connectivity index (χ2n) is 7.28. The van der Waals surface area contributed by atoms with Crippen LogP contribution in [0.15, 0.2) is 54.2 Å². The van der Waals surface area contributed by atoms with Gasteiger partial charge in [-0.2, -0.15) is 0 Å². The molecule has 0 saturated carbocycles. The van der Waals surface area contributed by atoms with Crippen LogP contribution in [0.2, 0.25) is 0 Å². The second-order valence-corrected chi connectivity index (χ2v) is 7.28. The molecule has 0 aliphatic carbocycles. The zero-order valence-corrected chi connectivity index (χ0v) is 17.4. The number of ketones is 1. The van der Waals surface area contributed by atoms with E-state index in [0.717, 1.165) is 0 Å². The van der Waals surface area contributed by atoms with Gasteiger partial charge in [0, 0.05) is 32.0 Å². The standard InChI is InChI=1S/C23H26N2O5/c1-15(2)30-17-10-8-16(9-11-17)21(26)19-20(18-7-4-5-12-24-18)25(13-6-14-29-3)23(28)22(19)27/h4-5,7-12,15,20,26H,6,13-14H2,1-3H3/b21-19-. The number of amides is 1. The van der Waals surface area contributed by atoms with Crippen molar-refractivity contribution in [1.29, 1.82) is 0 Å². The predicted molar refractivity (Wildman–Crippen MR) is 112 cm³/mol. The summed E-state index contributed by atoms with van der Waals surface area (Å²) in [5.41, 5.74) is 0.992. The number of carbonyl (C=O) groups excluding carboxylic acids is 2. The molecule has 158 valence electrons. The molecule has 0 bridgehead atoms. The highest BCUT2D eigenvalue weighted by Crippen LogP contribution is 2.38. The van der Waals surface area contributed by atoms with E-state index in [9.17, 15) is 14.7 Å². The number of benzene rings is 1. The molecule has 1 N–H and O–H groups in total. The largest absolute Gasteiger partial charge is 0.507 e. The van der Waals surface area contributed by atoms with Gasteiger partial charge in [0.25, 0.3) is 11.7 Å². The average molecular weight is 410 g/mol. The van der Waals surface area contributed by atoms with Crippen LogP contribution in [0.25, 0.3) is 5.76 Å². The number of nitrogens with zero attached hydrogens (tertiary/aromatic N) is 2. The van der Waals surface area contributed by atoms with Crippen LogP contribution in [-0.2, 0) is 14.3 Å². The number of ether oxygens (including phenoxy) is 2. The Morgan fingerprint density at radius 2 is 1.90 bits per heavy atom. The van der Waals surface area contributed by atoms with Crippen molar-refractivity contribution >= 4 is 17.4 Å². The van der Waals surface area contributed by atoms with Crippen molar-refractivity contribution in [3.05, 3.63) is 65.5 Å². The Morgan fingerprint density at radius 3 is 2.50 bits per heavy atom. The lowest BCUT2D eigenvalue weighted by Crippen LogP contribution is -2.31. The molecule has 1 aliphatic rings. The van der Waals surface area contributed by atoms with Gasteiger partial charge in [-0.05, 0) is 56.7 Å². The van der Waals surface area contributed by atoms with Crippen LogP contribution in [0, 0.1) is 0 Å². The Kier molecular flexibility index (Phi) is 6.84. The van der Waals surface area contributed by atoms with Crippen LogP contribution in [-0.4, -0.2) is 53.0 Å². The van der Waals surface area contributed by atoms with E-state index >= 15 is 0 Å². The van der Waals surface area contributed by atoms with E-state index in [4.69, 9.17) is 9.47 Å². The molecule has 3 rings (SSSR count). The van der Waals surface area contributed by atoms with Gasteiger partial charge in [0.05, 0.1) is 17.4 Å². The molecular weight excluding hydrogens is 384 g/mol. The highest BCUT2D eigenvalue weighted by Gasteiger charge is 2.46. The summed E-state index contributed by atoms with van der Waals surface area (Å²) < 4.78 is 10.7. The number of aliphatic hydroxyl groups excluding tert-OH is 1. The van der Waals surface area contributed by atoms with Crippen molar-refractivity contribution in [2.45, 2.75) is 32.4 Å². The van der Waals surface area contributed by atoms with Crippen molar-refractivity contribution < 1.29 is 24.2 Å². The van der Waals surface area contributed by atoms with Gasteiger partial charge in [0.15, 0.2) is 0 Å². The lowest BCUT2D eigenvalue weighted by atomic mass is 9.98. The summed E-state index contributed by atoms with van der Waals surface area (Å²) in [6.07, 6.45) is 2.18. The molecule has 1 aromatic carbocycles. The van der Waals surface area contributed by atoms with Crippen molar-refractivity contribution in [2.75, 3.05) is 20.3 Å². The lowest BCUT2D eigenvalue weighted by molar-refractivity contribution is -0.140. The summed E-state index contributed by atoms with van der Waals surface area (Å²) in [4.78, 5) is 31.4. The van der Waals surface area contributed by atoms with Crippen LogP contribution in [0.4, 0.5) is 0 Å². The molecular formula is C23H26N2O5. The predicted octanol–water partition coefficient (Wildman–Crippen LogP) is 3.33. The third-order valence-corrected chi connectivity index (χ3v) is 4.75. The number of aliphatic hydroxyl groups is 1. The number of likely N-dealkylation sites (tertiary alicyclic amines) is 1. The van der Waals surface area contributed by atoms with Crippen LogP contribution in [0.1, 0.15) is 37.6 Å². The van der Waals surface area contributed by atoms with E-state index < -0.39 is 17.7 Å². The highest BCUT2D eigenvalue weighted by molar-refractivity contribution is 6.46. The topological polar surface area (TPSA) is 89.0 Å². The van der Waals surface area contributed by atoms with E-state index in [1.54, 1.807) is 55.8 Å². The number of methoxy groups -OCH3 is 1. The molecule has 1 amide bonds. The quantitative estimate of drug-likeness (QED) is 0.311. The van der Waals surface area contributed by atoms with Crippen molar-refractivity contribution in [3.8, 4) is 5.75 Å². The molecule has 7 nitrogen and oxygen atoms in total. The number of pyridine rings is 1. The van der Waals surface area contributed by atoms with Gasteiger partial charge >= 0.3 is 0 Å². The molecule has 0 spiro atoms. The number of hydrogen-bond donors (Lipinski definition) is 1. The Morgan fingerprint density at radius 1 is 1.17 bits per heavy atom. The Labute approximate surface area is 175 Å². The van der Waals surface area contributed by atoms with Crippen molar-refractivity contribution in [3.63, 3.8) is 0 Å². The molecule has 7 heteroatoms. The molecule has 2 aromatic rings. The number of hydrogen-bond acceptors (Lipinski definition) is 6. The van der Waals surface area contributed by atoms with Gasteiger partial charge in [-0.1, -0.05) is 6.07 Å². The lowest BCUT2D eigenvalue weighted by Gasteiger charge is -2.24. The zero-order chi connectivity index (χ0) is 21.7. The van der Waals surface area contributed by atoms with E-state index in [1.165, 1.54) is 4.90 Å². The summed E-state index contributed by atoms with van der Waals surface area (Å²) in [6, 6.07) is 11.3. The Balaban J connectivity index is 2.02. The zero-order valence-electron chi connectivity index (χ0n) is 17.4. The molecule has 1 aromatic heterocycles. The third kappa shape index (κ3) is 4.52. The minimum absolute atomic E-state index is 0.0195. The first kappa shape index (κ1) is 21.5. The molecule has 0 radical (unpaired) electrons. The maximum absolute atomic E-state index is 12.9. The van der Waals surface area contributed by atoms with Gasteiger partial charge in [-0.25, -0.2) is 0 Å². The first-order chi connectivity index (χ1) is 14.4. The molecule has 30 heavy (non-hydrogen) atoms. The van der Waals surface area contributed by atoms with Crippen molar-refractivity contribution in [1.82, 2.24) is 9.88 Å². The summed E-state index contributed by atoms with van der Waals surface area (Å²) in [7, 11) is 1.58. The van der Waals surface area contributed by atoms with E-state index in [2.05, 4.69) is 4.98 Å². The number of Topliss-reactive ketones (excluding diaryl/α,β-unsaturated/α-hetero) is 1. The monoisotopic (exact) mass is 410 g/mol. The van der Waals surface area contributed by atoms with Gasteiger partial charge < -0.3 is 19.5 Å². The highest BCUT2D eigenvalue weighted by atomic mass is 16.5. The number of rotatable bonds is 8. The summed E-state index contributed by atoms with van der Waals surface area (Å²) in [6.45, 7) is 4.62. The summed E-state index contributed by atoms with van der Waals surface area (Å²) >= 11 is 0. The fraction of sp³-hybridized carbons (Fsp3) is 0.348. The average Bonchev–Trinajstić information content (AvgIpc) is 2.99. The smallest absolute Gasteiger partial charge is 0.295 e. The Hall–Kier alpha value is -3.19. The molecule has 1 saturated heterocycles. The first-order valence-corrected chi connectivity index (χ1v) is 9.89. The number of carbonyl (C=O) groups is 2. The maximum atomic E-state index is 12.9. The van der Waals surface area contributed by atoms with Gasteiger partial charge in [0.1, 0.15) is 17.6 Å². The minimum Gasteiger partial charge on any atom is -0.507 e. The first-order valence-electron chi connectivity index (χ1n) is 9.89. The molecule has 1 aliphatic heterocycles.